The smallest absolute Gasteiger partial charge is 0.0964 e. The van der Waals surface area contributed by atoms with Gasteiger partial charge in [-0.1, -0.05) is 30.3 Å². The van der Waals surface area contributed by atoms with E-state index in [1.807, 2.05) is 10.9 Å². The first-order valence-electron chi connectivity index (χ1n) is 7.79. The summed E-state index contributed by atoms with van der Waals surface area (Å²) in [5, 5.41) is 11.7. The Bertz CT molecular complexity index is 578. The molecule has 0 atom stereocenters. The predicted molar refractivity (Wildman–Crippen MR) is 84.4 cm³/mol. The molecule has 0 unspecified atom stereocenters. The highest BCUT2D eigenvalue weighted by Gasteiger charge is 2.15. The van der Waals surface area contributed by atoms with Gasteiger partial charge in [0, 0.05) is 31.5 Å². The molecule has 3 rings (SSSR count). The number of nitrogens with zero attached hydrogens (tertiary/aromatic N) is 4. The van der Waals surface area contributed by atoms with E-state index in [0.717, 1.165) is 38.4 Å². The number of rotatable bonds is 6. The van der Waals surface area contributed by atoms with Crippen molar-refractivity contribution < 1.29 is 0 Å². The maximum atomic E-state index is 4.21. The molecule has 1 aromatic heterocycles. The fourth-order valence-electron chi connectivity index (χ4n) is 2.85. The van der Waals surface area contributed by atoms with Gasteiger partial charge in [-0.3, -0.25) is 4.68 Å². The second-order valence-electron chi connectivity index (χ2n) is 5.47. The third-order valence-corrected chi connectivity index (χ3v) is 3.95. The van der Waals surface area contributed by atoms with Crippen molar-refractivity contribution in [2.24, 2.45) is 0 Å². The van der Waals surface area contributed by atoms with Crippen LogP contribution in [0.25, 0.3) is 0 Å². The highest BCUT2D eigenvalue weighted by Crippen LogP contribution is 2.26. The van der Waals surface area contributed by atoms with E-state index in [1.165, 1.54) is 24.1 Å². The van der Waals surface area contributed by atoms with Crippen molar-refractivity contribution in [3.05, 3.63) is 41.7 Å². The number of aromatic nitrogens is 3. The summed E-state index contributed by atoms with van der Waals surface area (Å²) in [6.45, 7) is 6.85. The molecule has 1 aromatic carbocycles. The predicted octanol–water partition coefficient (Wildman–Crippen LogP) is 1.84. The summed E-state index contributed by atoms with van der Waals surface area (Å²) >= 11 is 0. The average molecular weight is 285 g/mol. The fraction of sp³-hybridized carbons (Fsp3) is 0.500. The van der Waals surface area contributed by atoms with Gasteiger partial charge in [-0.05, 0) is 31.0 Å². The highest BCUT2D eigenvalue weighted by molar-refractivity contribution is 5.55. The first-order chi connectivity index (χ1) is 10.4. The molecule has 2 aromatic rings. The van der Waals surface area contributed by atoms with Crippen LogP contribution in [-0.4, -0.2) is 34.6 Å². The van der Waals surface area contributed by atoms with Crippen molar-refractivity contribution in [3.8, 4) is 0 Å². The van der Waals surface area contributed by atoms with Gasteiger partial charge in [0.15, 0.2) is 0 Å². The summed E-state index contributed by atoms with van der Waals surface area (Å²) in [6, 6.07) is 8.73. The number of nitrogens with one attached hydrogen (secondary N) is 1. The summed E-state index contributed by atoms with van der Waals surface area (Å²) in [7, 11) is 0. The van der Waals surface area contributed by atoms with Crippen molar-refractivity contribution in [1.29, 1.82) is 0 Å². The number of anilines is 1. The Morgan fingerprint density at radius 2 is 2.14 bits per heavy atom. The molecule has 1 aliphatic heterocycles. The first kappa shape index (κ1) is 14.1. The van der Waals surface area contributed by atoms with Gasteiger partial charge in [0.25, 0.3) is 0 Å². The van der Waals surface area contributed by atoms with Gasteiger partial charge >= 0.3 is 0 Å². The summed E-state index contributed by atoms with van der Waals surface area (Å²) in [5.41, 5.74) is 3.86. The third kappa shape index (κ3) is 3.42. The monoisotopic (exact) mass is 285 g/mol. The molecule has 0 amide bonds. The zero-order chi connectivity index (χ0) is 14.5. The van der Waals surface area contributed by atoms with E-state index < -0.39 is 0 Å². The molecule has 0 spiro atoms. The lowest BCUT2D eigenvalue weighted by Crippen LogP contribution is -2.32. The van der Waals surface area contributed by atoms with E-state index in [-0.39, 0.29) is 0 Å². The maximum absolute atomic E-state index is 4.21. The van der Waals surface area contributed by atoms with Crippen LogP contribution in [-0.2, 0) is 19.5 Å². The van der Waals surface area contributed by atoms with Crippen molar-refractivity contribution in [1.82, 2.24) is 20.3 Å². The van der Waals surface area contributed by atoms with Crippen molar-refractivity contribution in [2.75, 3.05) is 24.5 Å². The van der Waals surface area contributed by atoms with E-state index in [2.05, 4.69) is 51.7 Å². The zero-order valence-electron chi connectivity index (χ0n) is 12.6. The third-order valence-electron chi connectivity index (χ3n) is 3.95. The van der Waals surface area contributed by atoms with E-state index in [0.29, 0.717) is 0 Å². The first-order valence-corrected chi connectivity index (χ1v) is 7.79. The van der Waals surface area contributed by atoms with E-state index in [1.54, 1.807) is 0 Å². The second-order valence-corrected chi connectivity index (χ2v) is 5.47. The molecule has 21 heavy (non-hydrogen) atoms. The van der Waals surface area contributed by atoms with Crippen molar-refractivity contribution in [3.63, 3.8) is 0 Å². The van der Waals surface area contributed by atoms with Crippen LogP contribution in [0.5, 0.6) is 0 Å². The minimum atomic E-state index is 0.795. The van der Waals surface area contributed by atoms with Gasteiger partial charge in [-0.25, -0.2) is 0 Å². The Hall–Kier alpha value is -1.88. The van der Waals surface area contributed by atoms with Gasteiger partial charge in [0.2, 0.25) is 0 Å². The summed E-state index contributed by atoms with van der Waals surface area (Å²) < 4.78 is 1.95. The maximum Gasteiger partial charge on any atom is 0.0964 e. The van der Waals surface area contributed by atoms with E-state index in [4.69, 9.17) is 0 Å². The molecule has 1 aliphatic rings. The number of aryl methyl sites for hydroxylation is 1. The lowest BCUT2D eigenvalue weighted by Gasteiger charge is -2.31. The molecule has 5 nitrogen and oxygen atoms in total. The molecule has 112 valence electrons. The zero-order valence-corrected chi connectivity index (χ0v) is 12.6. The minimum Gasteiger partial charge on any atom is -0.369 e. The number of hydrogen-bond acceptors (Lipinski definition) is 4. The largest absolute Gasteiger partial charge is 0.369 e. The Labute approximate surface area is 126 Å². The van der Waals surface area contributed by atoms with Crippen LogP contribution in [0.1, 0.15) is 24.6 Å². The lowest BCUT2D eigenvalue weighted by molar-refractivity contribution is 0.562. The quantitative estimate of drug-likeness (QED) is 0.880. The van der Waals surface area contributed by atoms with Crippen LogP contribution in [0.2, 0.25) is 0 Å². The van der Waals surface area contributed by atoms with Gasteiger partial charge in [-0.2, -0.15) is 0 Å². The highest BCUT2D eigenvalue weighted by atomic mass is 15.4. The topological polar surface area (TPSA) is 46.0 Å². The summed E-state index contributed by atoms with van der Waals surface area (Å²) in [4.78, 5) is 2.46. The number of fused-ring (bicyclic) bond motifs is 1. The van der Waals surface area contributed by atoms with Crippen LogP contribution >= 0.6 is 0 Å². The Morgan fingerprint density at radius 3 is 3.05 bits per heavy atom. The Morgan fingerprint density at radius 1 is 1.24 bits per heavy atom. The molecule has 0 fully saturated rings. The van der Waals surface area contributed by atoms with Crippen molar-refractivity contribution >= 4 is 5.69 Å². The molecule has 0 radical (unpaired) electrons. The van der Waals surface area contributed by atoms with Gasteiger partial charge < -0.3 is 10.2 Å². The van der Waals surface area contributed by atoms with Gasteiger partial charge in [-0.15, -0.1) is 5.10 Å². The average Bonchev–Trinajstić information content (AvgIpc) is 2.99. The van der Waals surface area contributed by atoms with Crippen LogP contribution in [0, 0.1) is 0 Å². The Kier molecular flexibility index (Phi) is 4.50. The van der Waals surface area contributed by atoms with Crippen LogP contribution in [0.3, 0.4) is 0 Å². The van der Waals surface area contributed by atoms with Crippen LogP contribution < -0.4 is 10.2 Å². The molecule has 5 heteroatoms. The Balaban J connectivity index is 1.59. The second kappa shape index (κ2) is 6.72. The molecule has 0 saturated carbocycles. The molecule has 0 aliphatic carbocycles. The molecular formula is C16H23N5. The number of benzene rings is 1. The lowest BCUT2D eigenvalue weighted by atomic mass is 10.0. The molecule has 1 N–H and O–H groups in total. The van der Waals surface area contributed by atoms with Crippen molar-refractivity contribution in [2.45, 2.75) is 32.9 Å². The van der Waals surface area contributed by atoms with E-state index >= 15 is 0 Å². The molecule has 2 heterocycles. The minimum absolute atomic E-state index is 0.795. The fourth-order valence-corrected chi connectivity index (χ4v) is 2.85. The number of hydrogen-bond donors (Lipinski definition) is 1. The molecule has 0 bridgehead atoms. The normalized spacial score (nSPS) is 14.2. The van der Waals surface area contributed by atoms with Gasteiger partial charge in [0.1, 0.15) is 0 Å². The molecule has 0 saturated heterocycles. The number of para-hydroxylation sites is 1. The molecular weight excluding hydrogens is 262 g/mol. The van der Waals surface area contributed by atoms with Crippen LogP contribution in [0.15, 0.2) is 30.5 Å². The van der Waals surface area contributed by atoms with E-state index in [9.17, 15) is 0 Å². The summed E-state index contributed by atoms with van der Waals surface area (Å²) in [6.07, 6.45) is 4.47. The SMILES string of the molecule is CCNCc1cn(CCN2CCCc3ccccc32)nn1. The van der Waals surface area contributed by atoms with Gasteiger partial charge in [0.05, 0.1) is 12.2 Å². The standard InChI is InChI=1S/C16H23N5/c1-2-17-12-15-13-21(19-18-15)11-10-20-9-5-7-14-6-3-4-8-16(14)20/h3-4,6,8,13,17H,2,5,7,9-12H2,1H3. The van der Waals surface area contributed by atoms with Crippen LogP contribution in [0.4, 0.5) is 5.69 Å². The summed E-state index contributed by atoms with van der Waals surface area (Å²) in [5.74, 6) is 0.